The molecule has 120 valence electrons. The molecule has 1 amide bonds. The molecule has 1 fully saturated rings. The van der Waals surface area contributed by atoms with Gasteiger partial charge in [-0.05, 0) is 6.07 Å². The van der Waals surface area contributed by atoms with E-state index in [2.05, 4.69) is 24.9 Å². The second-order valence-electron chi connectivity index (χ2n) is 6.37. The van der Waals surface area contributed by atoms with E-state index < -0.39 is 0 Å². The quantitative estimate of drug-likeness (QED) is 0.810. The van der Waals surface area contributed by atoms with Crippen LogP contribution < -0.4 is 9.80 Å². The van der Waals surface area contributed by atoms with Crippen LogP contribution in [0, 0.1) is 0 Å². The summed E-state index contributed by atoms with van der Waals surface area (Å²) < 4.78 is 0. The highest BCUT2D eigenvalue weighted by Crippen LogP contribution is 2.20. The minimum atomic E-state index is -0.165. The minimum absolute atomic E-state index is 0.0693. The Labute approximate surface area is 134 Å². The molecule has 0 aromatic carbocycles. The number of rotatable bonds is 2. The molecule has 0 radical (unpaired) electrons. The van der Waals surface area contributed by atoms with E-state index in [1.165, 1.54) is 6.33 Å². The third kappa shape index (κ3) is 3.25. The fourth-order valence-corrected chi connectivity index (χ4v) is 2.29. The third-order valence-electron chi connectivity index (χ3n) is 3.53. The Morgan fingerprint density at radius 2 is 1.74 bits per heavy atom. The summed E-state index contributed by atoms with van der Waals surface area (Å²) in [5.41, 5.74) is -0.165. The highest BCUT2D eigenvalue weighted by molar-refractivity contribution is 5.95. The number of anilines is 2. The Morgan fingerprint density at radius 1 is 1.00 bits per heavy atom. The lowest BCUT2D eigenvalue weighted by Crippen LogP contribution is -2.51. The van der Waals surface area contributed by atoms with Crippen molar-refractivity contribution in [2.45, 2.75) is 26.2 Å². The minimum Gasteiger partial charge on any atom is -0.330 e. The first-order chi connectivity index (χ1) is 10.9. The molecule has 0 unspecified atom stereocenters. The summed E-state index contributed by atoms with van der Waals surface area (Å²) in [4.78, 5) is 37.0. The normalized spacial score (nSPS) is 15.9. The van der Waals surface area contributed by atoms with Crippen molar-refractivity contribution in [3.05, 3.63) is 30.6 Å². The highest BCUT2D eigenvalue weighted by Gasteiger charge is 2.29. The molecule has 0 bridgehead atoms. The van der Waals surface area contributed by atoms with Crippen LogP contribution in [0.3, 0.4) is 0 Å². The summed E-state index contributed by atoms with van der Waals surface area (Å²) >= 11 is 0. The molecule has 8 nitrogen and oxygen atoms in total. The van der Waals surface area contributed by atoms with Gasteiger partial charge in [0.1, 0.15) is 18.7 Å². The molecule has 23 heavy (non-hydrogen) atoms. The molecule has 0 saturated carbocycles. The smallest absolute Gasteiger partial charge is 0.249 e. The Kier molecular flexibility index (Phi) is 3.89. The first-order valence-electron chi connectivity index (χ1n) is 7.47. The molecule has 2 aromatic rings. The number of hydrogen-bond acceptors (Lipinski definition) is 7. The average Bonchev–Trinajstić information content (AvgIpc) is 2.55. The fourth-order valence-electron chi connectivity index (χ4n) is 2.29. The molecule has 1 aliphatic heterocycles. The summed E-state index contributed by atoms with van der Waals surface area (Å²) in [5.74, 6) is 1.61. The monoisotopic (exact) mass is 313 g/mol. The molecule has 8 heteroatoms. The van der Waals surface area contributed by atoms with E-state index in [0.717, 1.165) is 0 Å². The highest BCUT2D eigenvalue weighted by atomic mass is 16.2. The summed E-state index contributed by atoms with van der Waals surface area (Å²) in [6.07, 6.45) is 4.76. The average molecular weight is 313 g/mol. The summed E-state index contributed by atoms with van der Waals surface area (Å²) in [7, 11) is 0. The number of nitrogens with zero attached hydrogens (tertiary/aromatic N) is 7. The second-order valence-corrected chi connectivity index (χ2v) is 6.37. The molecule has 0 N–H and O–H groups in total. The zero-order valence-corrected chi connectivity index (χ0v) is 13.5. The van der Waals surface area contributed by atoms with Crippen molar-refractivity contribution in [1.82, 2.24) is 24.9 Å². The Hall–Kier alpha value is -2.64. The van der Waals surface area contributed by atoms with Crippen molar-refractivity contribution in [3.8, 4) is 0 Å². The molecule has 1 saturated heterocycles. The van der Waals surface area contributed by atoms with E-state index in [1.54, 1.807) is 23.4 Å². The predicted molar refractivity (Wildman–Crippen MR) is 85.1 cm³/mol. The van der Waals surface area contributed by atoms with Crippen LogP contribution in [0.25, 0.3) is 0 Å². The van der Waals surface area contributed by atoms with E-state index in [0.29, 0.717) is 30.8 Å². The number of carbonyl (C=O) groups is 1. The van der Waals surface area contributed by atoms with Gasteiger partial charge in [0.25, 0.3) is 0 Å². The van der Waals surface area contributed by atoms with Crippen molar-refractivity contribution < 1.29 is 4.79 Å². The first kappa shape index (κ1) is 15.3. The van der Waals surface area contributed by atoms with Gasteiger partial charge in [0.2, 0.25) is 17.8 Å². The number of piperazine rings is 1. The van der Waals surface area contributed by atoms with Crippen LogP contribution in [0.1, 0.15) is 26.6 Å². The van der Waals surface area contributed by atoms with E-state index >= 15 is 0 Å². The molecular formula is C15H19N7O. The van der Waals surface area contributed by atoms with Gasteiger partial charge >= 0.3 is 0 Å². The molecule has 2 aromatic heterocycles. The molecule has 1 aliphatic rings. The number of amides is 1. The van der Waals surface area contributed by atoms with E-state index in [4.69, 9.17) is 0 Å². The van der Waals surface area contributed by atoms with Gasteiger partial charge in [0.05, 0.1) is 0 Å². The maximum absolute atomic E-state index is 12.4. The van der Waals surface area contributed by atoms with Crippen molar-refractivity contribution in [1.29, 1.82) is 0 Å². The largest absolute Gasteiger partial charge is 0.330 e. The topological polar surface area (TPSA) is 88.0 Å². The van der Waals surface area contributed by atoms with E-state index in [1.807, 2.05) is 25.7 Å². The van der Waals surface area contributed by atoms with Gasteiger partial charge in [0.15, 0.2) is 0 Å². The van der Waals surface area contributed by atoms with Crippen LogP contribution in [0.5, 0.6) is 0 Å². The Balaban J connectivity index is 1.77. The van der Waals surface area contributed by atoms with Gasteiger partial charge < -0.3 is 4.90 Å². The van der Waals surface area contributed by atoms with E-state index in [-0.39, 0.29) is 17.9 Å². The van der Waals surface area contributed by atoms with Crippen molar-refractivity contribution in [3.63, 3.8) is 0 Å². The third-order valence-corrected chi connectivity index (χ3v) is 3.53. The van der Waals surface area contributed by atoms with Crippen LogP contribution in [0.15, 0.2) is 24.8 Å². The lowest BCUT2D eigenvalue weighted by Gasteiger charge is -2.33. The van der Waals surface area contributed by atoms with Crippen molar-refractivity contribution in [2.75, 3.05) is 29.4 Å². The zero-order chi connectivity index (χ0) is 16.4. The molecule has 0 atom stereocenters. The summed E-state index contributed by atoms with van der Waals surface area (Å²) in [6, 6.07) is 1.73. The summed E-state index contributed by atoms with van der Waals surface area (Å²) in [6.45, 7) is 7.45. The fraction of sp³-hybridized carbons (Fsp3) is 0.467. The van der Waals surface area contributed by atoms with Crippen LogP contribution in [0.2, 0.25) is 0 Å². The molecule has 3 rings (SSSR count). The number of hydrogen-bond donors (Lipinski definition) is 0. The van der Waals surface area contributed by atoms with Gasteiger partial charge in [0, 0.05) is 30.9 Å². The van der Waals surface area contributed by atoms with Crippen molar-refractivity contribution in [2.24, 2.45) is 0 Å². The standard InChI is InChI=1S/C15H19N7O/c1-15(2,3)12-18-10-19-14(20-12)21-7-8-22(11(23)9-21)13-16-5-4-6-17-13/h4-6,10H,7-9H2,1-3H3. The van der Waals surface area contributed by atoms with Gasteiger partial charge in [-0.15, -0.1) is 0 Å². The van der Waals surface area contributed by atoms with Crippen molar-refractivity contribution >= 4 is 17.8 Å². The maximum atomic E-state index is 12.4. The molecule has 0 spiro atoms. The molecule has 3 heterocycles. The lowest BCUT2D eigenvalue weighted by molar-refractivity contribution is -0.118. The number of aromatic nitrogens is 5. The van der Waals surface area contributed by atoms with Gasteiger partial charge in [-0.3, -0.25) is 9.69 Å². The second kappa shape index (κ2) is 5.86. The van der Waals surface area contributed by atoms with Gasteiger partial charge in [-0.25, -0.2) is 19.9 Å². The molecule has 0 aliphatic carbocycles. The van der Waals surface area contributed by atoms with Crippen LogP contribution in [-0.2, 0) is 10.2 Å². The van der Waals surface area contributed by atoms with Crippen LogP contribution in [0.4, 0.5) is 11.9 Å². The Morgan fingerprint density at radius 3 is 2.39 bits per heavy atom. The number of carbonyl (C=O) groups excluding carboxylic acids is 1. The van der Waals surface area contributed by atoms with E-state index in [9.17, 15) is 4.79 Å². The SMILES string of the molecule is CC(C)(C)c1ncnc(N2CCN(c3ncccn3)C(=O)C2)n1. The van der Waals surface area contributed by atoms with Gasteiger partial charge in [-0.2, -0.15) is 4.98 Å². The maximum Gasteiger partial charge on any atom is 0.249 e. The predicted octanol–water partition coefficient (Wildman–Crippen LogP) is 0.812. The summed E-state index contributed by atoms with van der Waals surface area (Å²) in [5, 5.41) is 0. The lowest BCUT2D eigenvalue weighted by atomic mass is 9.96. The van der Waals surface area contributed by atoms with Gasteiger partial charge in [-0.1, -0.05) is 20.8 Å². The zero-order valence-electron chi connectivity index (χ0n) is 13.5. The molecular weight excluding hydrogens is 294 g/mol. The Bertz CT molecular complexity index is 698. The van der Waals surface area contributed by atoms with Crippen LogP contribution >= 0.6 is 0 Å². The van der Waals surface area contributed by atoms with Crippen LogP contribution in [-0.4, -0.2) is 50.5 Å². The first-order valence-corrected chi connectivity index (χ1v) is 7.47.